The van der Waals surface area contributed by atoms with Gasteiger partial charge in [-0.1, -0.05) is 13.8 Å². The van der Waals surface area contributed by atoms with Crippen molar-refractivity contribution in [1.29, 1.82) is 0 Å². The Morgan fingerprint density at radius 3 is 2.45 bits per heavy atom. The Hall–Kier alpha value is -4.38. The molecule has 10 nitrogen and oxygen atoms in total. The maximum atomic E-state index is 14.2. The average Bonchev–Trinajstić information content (AvgIpc) is 3.61. The highest BCUT2D eigenvalue weighted by molar-refractivity contribution is 6.01. The van der Waals surface area contributed by atoms with Crippen LogP contribution in [-0.4, -0.2) is 74.5 Å². The molecule has 2 aromatic heterocycles. The number of unbranched alkanes of at least 4 members (excludes halogenated alkanes) is 1. The summed E-state index contributed by atoms with van der Waals surface area (Å²) < 4.78 is 20.7. The number of aromatic nitrogens is 4. The zero-order valence-electron chi connectivity index (χ0n) is 23.6. The summed E-state index contributed by atoms with van der Waals surface area (Å²) in [6.07, 6.45) is 20.8. The molecule has 40 heavy (non-hydrogen) atoms. The first-order valence-electron chi connectivity index (χ1n) is 13.3. The van der Waals surface area contributed by atoms with E-state index in [1.165, 1.54) is 23.8 Å². The minimum absolute atomic E-state index is 0.0132. The SMILES string of the molecule is C#C.C#C.CC.COc1cc2nc(N)n3nc(CCCCN(C)C(=O)C4CCN(C5CC5)C4=O)nc3c2cc1F. The van der Waals surface area contributed by atoms with E-state index < -0.39 is 11.7 Å². The summed E-state index contributed by atoms with van der Waals surface area (Å²) in [5, 5.41) is 4.92. The van der Waals surface area contributed by atoms with Crippen LogP contribution in [0.15, 0.2) is 12.1 Å². The molecule has 1 aliphatic heterocycles. The molecule has 3 aromatic rings. The summed E-state index contributed by atoms with van der Waals surface area (Å²) in [4.78, 5) is 37.6. The lowest BCUT2D eigenvalue weighted by atomic mass is 10.1. The van der Waals surface area contributed by atoms with Gasteiger partial charge in [0.2, 0.25) is 17.8 Å². The predicted molar refractivity (Wildman–Crippen MR) is 154 cm³/mol. The van der Waals surface area contributed by atoms with Gasteiger partial charge in [-0.2, -0.15) is 4.52 Å². The number of aryl methyl sites for hydroxylation is 1. The number of amides is 2. The van der Waals surface area contributed by atoms with E-state index in [1.54, 1.807) is 11.9 Å². The maximum absolute atomic E-state index is 14.2. The number of likely N-dealkylation sites (tertiary alicyclic amines) is 1. The van der Waals surface area contributed by atoms with Gasteiger partial charge in [0.15, 0.2) is 23.0 Å². The number of fused-ring (bicyclic) bond motifs is 3. The minimum atomic E-state index is -0.534. The second-order valence-corrected chi connectivity index (χ2v) is 9.06. The molecule has 214 valence electrons. The second kappa shape index (κ2) is 14.7. The molecule has 1 aromatic carbocycles. The summed E-state index contributed by atoms with van der Waals surface area (Å²) in [7, 11) is 3.14. The first-order chi connectivity index (χ1) is 19.4. The first kappa shape index (κ1) is 31.8. The van der Waals surface area contributed by atoms with Crippen molar-refractivity contribution in [3.05, 3.63) is 23.8 Å². The van der Waals surface area contributed by atoms with Gasteiger partial charge in [-0.25, -0.2) is 14.4 Å². The van der Waals surface area contributed by atoms with Gasteiger partial charge in [0.25, 0.3) is 0 Å². The largest absolute Gasteiger partial charge is 0.494 e. The van der Waals surface area contributed by atoms with Crippen molar-refractivity contribution < 1.29 is 18.7 Å². The fourth-order valence-corrected chi connectivity index (χ4v) is 4.62. The van der Waals surface area contributed by atoms with E-state index >= 15 is 0 Å². The van der Waals surface area contributed by atoms with E-state index in [4.69, 9.17) is 10.5 Å². The van der Waals surface area contributed by atoms with Crippen LogP contribution >= 0.6 is 0 Å². The lowest BCUT2D eigenvalue weighted by Gasteiger charge is -2.21. The Morgan fingerprint density at radius 1 is 1.15 bits per heavy atom. The summed E-state index contributed by atoms with van der Waals surface area (Å²) in [5.41, 5.74) is 6.95. The number of benzene rings is 1. The average molecular weight is 552 g/mol. The van der Waals surface area contributed by atoms with Gasteiger partial charge in [0.05, 0.1) is 12.6 Å². The topological polar surface area (TPSA) is 119 Å². The van der Waals surface area contributed by atoms with E-state index in [0.29, 0.717) is 54.3 Å². The molecule has 2 amide bonds. The zero-order chi connectivity index (χ0) is 30.0. The number of hydrogen-bond acceptors (Lipinski definition) is 7. The van der Waals surface area contributed by atoms with Crippen molar-refractivity contribution in [1.82, 2.24) is 29.4 Å². The smallest absolute Gasteiger partial charge is 0.235 e. The van der Waals surface area contributed by atoms with Crippen molar-refractivity contribution in [3.8, 4) is 31.4 Å². The van der Waals surface area contributed by atoms with Crippen LogP contribution in [0.1, 0.15) is 51.8 Å². The molecule has 1 aliphatic carbocycles. The van der Waals surface area contributed by atoms with Crippen LogP contribution in [0, 0.1) is 37.4 Å². The number of nitrogens with two attached hydrogens (primary N) is 1. The number of ether oxygens (including phenoxy) is 1. The monoisotopic (exact) mass is 551 g/mol. The molecule has 2 fully saturated rings. The number of nitrogens with zero attached hydrogens (tertiary/aromatic N) is 6. The molecule has 2 N–H and O–H groups in total. The van der Waals surface area contributed by atoms with Gasteiger partial charge >= 0.3 is 0 Å². The van der Waals surface area contributed by atoms with Crippen molar-refractivity contribution in [3.63, 3.8) is 0 Å². The van der Waals surface area contributed by atoms with Crippen LogP contribution < -0.4 is 10.5 Å². The molecule has 11 heteroatoms. The first-order valence-corrected chi connectivity index (χ1v) is 13.3. The normalized spacial score (nSPS) is 15.8. The molecule has 0 bridgehead atoms. The Morgan fingerprint density at radius 2 is 1.82 bits per heavy atom. The van der Waals surface area contributed by atoms with Gasteiger partial charge in [-0.15, -0.1) is 30.8 Å². The van der Waals surface area contributed by atoms with Crippen molar-refractivity contribution in [2.45, 2.75) is 58.4 Å². The number of carbonyl (C=O) groups excluding carboxylic acids is 2. The van der Waals surface area contributed by atoms with Gasteiger partial charge < -0.3 is 20.3 Å². The predicted octanol–water partition coefficient (Wildman–Crippen LogP) is 3.32. The summed E-state index contributed by atoms with van der Waals surface area (Å²) >= 11 is 0. The molecule has 1 saturated carbocycles. The zero-order valence-corrected chi connectivity index (χ0v) is 23.6. The van der Waals surface area contributed by atoms with Gasteiger partial charge in [0.1, 0.15) is 5.92 Å². The van der Waals surface area contributed by atoms with E-state index in [-0.39, 0.29) is 23.5 Å². The van der Waals surface area contributed by atoms with E-state index in [1.807, 2.05) is 18.7 Å². The van der Waals surface area contributed by atoms with Crippen LogP contribution in [0.4, 0.5) is 10.3 Å². The highest BCUT2D eigenvalue weighted by Gasteiger charge is 2.44. The Balaban J connectivity index is 0.000000876. The third-order valence-electron chi connectivity index (χ3n) is 6.66. The fraction of sp³-hybridized carbons (Fsp3) is 0.483. The summed E-state index contributed by atoms with van der Waals surface area (Å²) in [6.45, 7) is 5.24. The number of carbonyl (C=O) groups is 2. The van der Waals surface area contributed by atoms with Crippen LogP contribution in [0.25, 0.3) is 16.6 Å². The molecule has 1 saturated heterocycles. The quantitative estimate of drug-likeness (QED) is 0.259. The van der Waals surface area contributed by atoms with Crippen LogP contribution in [0.3, 0.4) is 0 Å². The molecular weight excluding hydrogens is 513 g/mol. The van der Waals surface area contributed by atoms with Crippen molar-refractivity contribution >= 4 is 34.3 Å². The number of terminal acetylenes is 2. The highest BCUT2D eigenvalue weighted by Crippen LogP contribution is 2.33. The number of methoxy groups -OCH3 is 1. The van der Waals surface area contributed by atoms with Crippen LogP contribution in [0.5, 0.6) is 5.75 Å². The number of nitrogen functional groups attached to an aromatic ring is 1. The van der Waals surface area contributed by atoms with E-state index in [9.17, 15) is 14.0 Å². The molecule has 0 radical (unpaired) electrons. The molecule has 5 rings (SSSR count). The standard InChI is InChI=1S/C23H28FN7O3.C2H6.2C2H2/c1-29(21(32)14-8-10-30(22(14)33)13-6-7-13)9-4-3-5-19-27-20-15-11-16(24)18(34-2)12-17(15)26-23(25)31(20)28-19;3*1-2/h11-14H,3-10H2,1-2H3,(H2,25,26);1-2H3;2*1-2H. The number of halogens is 1. The summed E-state index contributed by atoms with van der Waals surface area (Å²) in [6, 6.07) is 3.17. The van der Waals surface area contributed by atoms with Crippen molar-refractivity contribution in [2.75, 3.05) is 33.0 Å². The van der Waals surface area contributed by atoms with Crippen LogP contribution in [-0.2, 0) is 16.0 Å². The number of hydrogen-bond donors (Lipinski definition) is 1. The van der Waals surface area contributed by atoms with Gasteiger partial charge in [0, 0.05) is 44.1 Å². The highest BCUT2D eigenvalue weighted by atomic mass is 19.1. The molecule has 1 atom stereocenters. The number of anilines is 1. The maximum Gasteiger partial charge on any atom is 0.235 e. The molecule has 3 heterocycles. The molecule has 0 spiro atoms. The minimum Gasteiger partial charge on any atom is -0.494 e. The van der Waals surface area contributed by atoms with Crippen molar-refractivity contribution in [2.24, 2.45) is 5.92 Å². The molecule has 2 aliphatic rings. The van der Waals surface area contributed by atoms with E-state index in [0.717, 1.165) is 25.7 Å². The molecular formula is C29H38FN7O3. The Labute approximate surface area is 235 Å². The van der Waals surface area contributed by atoms with Crippen LogP contribution in [0.2, 0.25) is 0 Å². The Bertz CT molecular complexity index is 1360. The third-order valence-corrected chi connectivity index (χ3v) is 6.66. The lowest BCUT2D eigenvalue weighted by Crippen LogP contribution is -2.39. The lowest BCUT2D eigenvalue weighted by molar-refractivity contribution is -0.142. The second-order valence-electron chi connectivity index (χ2n) is 9.06. The van der Waals surface area contributed by atoms with E-state index in [2.05, 4.69) is 40.8 Å². The molecule has 1 unspecified atom stereocenters. The number of rotatable bonds is 8. The Kier molecular flexibility index (Phi) is 11.7. The van der Waals surface area contributed by atoms with Gasteiger partial charge in [-0.3, -0.25) is 9.59 Å². The fourth-order valence-electron chi connectivity index (χ4n) is 4.62. The third kappa shape index (κ3) is 6.78. The van der Waals surface area contributed by atoms with Gasteiger partial charge in [-0.05, 0) is 38.2 Å². The summed E-state index contributed by atoms with van der Waals surface area (Å²) in [5.74, 6) is -0.349.